The number of amides is 1. The number of alkyl halides is 3. The van der Waals surface area contributed by atoms with Crippen LogP contribution in [0.2, 0.25) is 0 Å². The molecule has 0 spiro atoms. The number of carbonyl (C=O) groups is 1. The number of hydrogen-bond acceptors (Lipinski definition) is 5. The van der Waals surface area contributed by atoms with Crippen molar-refractivity contribution in [3.63, 3.8) is 0 Å². The van der Waals surface area contributed by atoms with Gasteiger partial charge >= 0.3 is 6.18 Å². The second kappa shape index (κ2) is 9.67. The van der Waals surface area contributed by atoms with E-state index in [0.29, 0.717) is 54.9 Å². The normalized spacial score (nSPS) is 20.2. The Balaban J connectivity index is 1.46. The molecule has 192 valence electrons. The fourth-order valence-corrected chi connectivity index (χ4v) is 5.40. The predicted molar refractivity (Wildman–Crippen MR) is 130 cm³/mol. The number of methoxy groups -OCH3 is 1. The van der Waals surface area contributed by atoms with Crippen molar-refractivity contribution in [2.24, 2.45) is 10.9 Å². The molecule has 2 fully saturated rings. The minimum Gasteiger partial charge on any atom is -0.497 e. The first-order chi connectivity index (χ1) is 17.2. The van der Waals surface area contributed by atoms with Gasteiger partial charge < -0.3 is 19.3 Å². The Morgan fingerprint density at radius 2 is 1.86 bits per heavy atom. The van der Waals surface area contributed by atoms with Gasteiger partial charge in [0.15, 0.2) is 5.75 Å². The molecule has 0 N–H and O–H groups in total. The van der Waals surface area contributed by atoms with Crippen LogP contribution in [-0.2, 0) is 11.0 Å². The van der Waals surface area contributed by atoms with Crippen LogP contribution >= 0.6 is 0 Å². The third-order valence-electron chi connectivity index (χ3n) is 7.35. The summed E-state index contributed by atoms with van der Waals surface area (Å²) in [6, 6.07) is 8.53. The highest BCUT2D eigenvalue weighted by Gasteiger charge is 2.35. The predicted octanol–water partition coefficient (Wildman–Crippen LogP) is 6.01. The van der Waals surface area contributed by atoms with Crippen LogP contribution in [0.25, 0.3) is 0 Å². The van der Waals surface area contributed by atoms with Crippen LogP contribution in [-0.4, -0.2) is 54.3 Å². The van der Waals surface area contributed by atoms with Crippen LogP contribution in [0.15, 0.2) is 41.4 Å². The maximum atomic E-state index is 13.4. The lowest BCUT2D eigenvalue weighted by molar-refractivity contribution is -0.137. The van der Waals surface area contributed by atoms with E-state index in [1.807, 2.05) is 16.7 Å². The van der Waals surface area contributed by atoms with Crippen molar-refractivity contribution in [3.8, 4) is 17.2 Å². The Labute approximate surface area is 208 Å². The highest BCUT2D eigenvalue weighted by Crippen LogP contribution is 2.42. The zero-order chi connectivity index (χ0) is 25.4. The summed E-state index contributed by atoms with van der Waals surface area (Å²) in [5, 5.41) is 0. The maximum absolute atomic E-state index is 13.4. The van der Waals surface area contributed by atoms with Crippen molar-refractivity contribution in [2.75, 3.05) is 26.7 Å². The summed E-state index contributed by atoms with van der Waals surface area (Å²) < 4.78 is 51.7. The Morgan fingerprint density at radius 3 is 2.56 bits per heavy atom. The van der Waals surface area contributed by atoms with Crippen molar-refractivity contribution in [1.82, 2.24) is 9.80 Å². The number of carbonyl (C=O) groups excluding carboxylic acids is 1. The van der Waals surface area contributed by atoms with Crippen LogP contribution in [0.5, 0.6) is 17.2 Å². The number of amidine groups is 1. The first-order valence-electron chi connectivity index (χ1n) is 12.4. The van der Waals surface area contributed by atoms with Crippen LogP contribution in [0.4, 0.5) is 18.9 Å². The summed E-state index contributed by atoms with van der Waals surface area (Å²) >= 11 is 0. The Bertz CT molecular complexity index is 1170. The second-order valence-corrected chi connectivity index (χ2v) is 9.82. The SMILES string of the molecule is COc1ccc2c(c1)C(N1CCN(C(=O)CC3CCCC3)[C@@H](C)C1)=Nc1cc(C(F)(F)F)ccc1O2. The standard InChI is InChI=1S/C27H30F3N3O3/c1-17-16-32(11-12-33(17)25(34)13-18-5-3-4-6-18)26-21-15-20(35-2)8-10-23(21)36-24-9-7-19(27(28,29)30)14-22(24)31-26/h7-10,14-15,17-18H,3-6,11-13,16H2,1-2H3/t17-/m0/s1. The molecule has 1 aliphatic carbocycles. The largest absolute Gasteiger partial charge is 0.497 e. The first-order valence-corrected chi connectivity index (χ1v) is 12.4. The topological polar surface area (TPSA) is 54.4 Å². The average Bonchev–Trinajstić information content (AvgIpc) is 3.29. The van der Waals surface area contributed by atoms with Crippen LogP contribution in [0, 0.1) is 5.92 Å². The molecule has 2 aromatic carbocycles. The molecule has 0 radical (unpaired) electrons. The number of fused-ring (bicyclic) bond motifs is 2. The summed E-state index contributed by atoms with van der Waals surface area (Å²) in [6.07, 6.45) is 0.733. The number of rotatable bonds is 3. The Hall–Kier alpha value is -3.23. The van der Waals surface area contributed by atoms with Gasteiger partial charge in [0.2, 0.25) is 5.91 Å². The van der Waals surface area contributed by atoms with Crippen molar-refractivity contribution in [2.45, 2.75) is 51.2 Å². The number of nitrogens with zero attached hydrogens (tertiary/aromatic N) is 3. The molecule has 2 heterocycles. The van der Waals surface area contributed by atoms with Crippen molar-refractivity contribution >= 4 is 17.4 Å². The molecule has 1 saturated carbocycles. The molecular formula is C27H30F3N3O3. The number of piperazine rings is 1. The van der Waals surface area contributed by atoms with E-state index < -0.39 is 11.7 Å². The van der Waals surface area contributed by atoms with Gasteiger partial charge in [-0.05, 0) is 62.1 Å². The molecule has 3 aliphatic rings. The van der Waals surface area contributed by atoms with Crippen molar-refractivity contribution < 1.29 is 27.4 Å². The lowest BCUT2D eigenvalue weighted by Gasteiger charge is -2.41. The van der Waals surface area contributed by atoms with Crippen LogP contribution in [0.3, 0.4) is 0 Å². The molecule has 1 atom stereocenters. The third-order valence-corrected chi connectivity index (χ3v) is 7.35. The van der Waals surface area contributed by atoms with Gasteiger partial charge in [-0.15, -0.1) is 0 Å². The van der Waals surface area contributed by atoms with Crippen molar-refractivity contribution in [1.29, 1.82) is 0 Å². The van der Waals surface area contributed by atoms with E-state index in [0.717, 1.165) is 25.0 Å². The molecule has 9 heteroatoms. The number of benzene rings is 2. The lowest BCUT2D eigenvalue weighted by atomic mass is 10.0. The molecule has 2 aromatic rings. The number of ether oxygens (including phenoxy) is 2. The van der Waals surface area contributed by atoms with Gasteiger partial charge in [-0.1, -0.05) is 12.8 Å². The zero-order valence-electron chi connectivity index (χ0n) is 20.5. The average molecular weight is 502 g/mol. The van der Waals surface area contributed by atoms with Gasteiger partial charge in [-0.2, -0.15) is 13.2 Å². The minimum atomic E-state index is -4.49. The molecule has 0 unspecified atom stereocenters. The van der Waals surface area contributed by atoms with Gasteiger partial charge in [0, 0.05) is 32.1 Å². The van der Waals surface area contributed by atoms with Crippen LogP contribution < -0.4 is 9.47 Å². The lowest BCUT2D eigenvalue weighted by Crippen LogP contribution is -2.55. The van der Waals surface area contributed by atoms with Gasteiger partial charge in [0.1, 0.15) is 23.0 Å². The van der Waals surface area contributed by atoms with E-state index in [2.05, 4.69) is 0 Å². The van der Waals surface area contributed by atoms with E-state index in [1.165, 1.54) is 18.9 Å². The van der Waals surface area contributed by atoms with E-state index in [-0.39, 0.29) is 23.4 Å². The van der Waals surface area contributed by atoms with E-state index in [1.54, 1.807) is 25.3 Å². The maximum Gasteiger partial charge on any atom is 0.416 e. The summed E-state index contributed by atoms with van der Waals surface area (Å²) in [7, 11) is 1.55. The fraction of sp³-hybridized carbons (Fsp3) is 0.481. The van der Waals surface area contributed by atoms with Gasteiger partial charge in [-0.3, -0.25) is 4.79 Å². The highest BCUT2D eigenvalue weighted by molar-refractivity contribution is 6.04. The molecule has 1 saturated heterocycles. The molecule has 2 aliphatic heterocycles. The Kier molecular flexibility index (Phi) is 6.57. The summed E-state index contributed by atoms with van der Waals surface area (Å²) in [6.45, 7) is 3.57. The molecule has 5 rings (SSSR count). The first kappa shape index (κ1) is 24.5. The molecule has 0 aromatic heterocycles. The highest BCUT2D eigenvalue weighted by atomic mass is 19.4. The number of aliphatic imine (C=N–C) groups is 1. The van der Waals surface area contributed by atoms with Gasteiger partial charge in [0.25, 0.3) is 0 Å². The summed E-state index contributed by atoms with van der Waals surface area (Å²) in [4.78, 5) is 21.7. The van der Waals surface area contributed by atoms with E-state index >= 15 is 0 Å². The molecule has 36 heavy (non-hydrogen) atoms. The van der Waals surface area contributed by atoms with E-state index in [4.69, 9.17) is 14.5 Å². The molecule has 1 amide bonds. The second-order valence-electron chi connectivity index (χ2n) is 9.82. The minimum absolute atomic E-state index is 0.0606. The van der Waals surface area contributed by atoms with E-state index in [9.17, 15) is 18.0 Å². The molecule has 6 nitrogen and oxygen atoms in total. The smallest absolute Gasteiger partial charge is 0.416 e. The third kappa shape index (κ3) is 4.88. The summed E-state index contributed by atoms with van der Waals surface area (Å²) in [5.41, 5.74) is -0.0355. The molecular weight excluding hydrogens is 471 g/mol. The van der Waals surface area contributed by atoms with Crippen molar-refractivity contribution in [3.05, 3.63) is 47.5 Å². The number of hydrogen-bond donors (Lipinski definition) is 0. The zero-order valence-corrected chi connectivity index (χ0v) is 20.5. The monoisotopic (exact) mass is 501 g/mol. The fourth-order valence-electron chi connectivity index (χ4n) is 5.40. The Morgan fingerprint density at radius 1 is 1.11 bits per heavy atom. The quantitative estimate of drug-likeness (QED) is 0.517. The molecule has 0 bridgehead atoms. The number of halogens is 3. The van der Waals surface area contributed by atoms with Crippen LogP contribution in [0.1, 0.15) is 50.2 Å². The van der Waals surface area contributed by atoms with Gasteiger partial charge in [0.05, 0.1) is 18.2 Å². The summed E-state index contributed by atoms with van der Waals surface area (Å²) in [5.74, 6) is 2.50. The van der Waals surface area contributed by atoms with Gasteiger partial charge in [-0.25, -0.2) is 4.99 Å².